The Morgan fingerprint density at radius 2 is 1.94 bits per heavy atom. The molecule has 1 N–H and O–H groups in total. The van der Waals surface area contributed by atoms with Gasteiger partial charge in [-0.2, -0.15) is 0 Å². The Bertz CT molecular complexity index is 1110. The van der Waals surface area contributed by atoms with Gasteiger partial charge in [-0.1, -0.05) is 6.92 Å². The van der Waals surface area contributed by atoms with Crippen molar-refractivity contribution in [2.24, 2.45) is 11.8 Å². The van der Waals surface area contributed by atoms with Crippen LogP contribution in [0, 0.1) is 11.8 Å². The van der Waals surface area contributed by atoms with Gasteiger partial charge in [0.1, 0.15) is 18.1 Å². The molecule has 2 aromatic rings. The van der Waals surface area contributed by atoms with E-state index in [9.17, 15) is 14.4 Å². The van der Waals surface area contributed by atoms with Crippen molar-refractivity contribution in [2.45, 2.75) is 38.8 Å². The van der Waals surface area contributed by atoms with Crippen LogP contribution in [0.1, 0.15) is 47.5 Å². The fraction of sp³-hybridized carbons (Fsp3) is 0.500. The number of aromatic nitrogens is 2. The lowest BCUT2D eigenvalue weighted by Crippen LogP contribution is -2.48. The first-order chi connectivity index (χ1) is 17.3. The standard InChI is InChI=1S/C26H33N5O5/c1-16-13-31(26(34)21-12-27-9-10-28-21)17(2)15-36-22-11-19(29-24(32)18-5-6-18)7-8-20(22)25(33)30(3)14-23(16)35-4/h7-12,16-18,23H,5-6,13-15H2,1-4H3,(H,29,32)/t16-,17+,23+/m1/s1. The molecule has 0 radical (unpaired) electrons. The molecule has 0 spiro atoms. The zero-order valence-electron chi connectivity index (χ0n) is 21.1. The molecule has 10 nitrogen and oxygen atoms in total. The maximum Gasteiger partial charge on any atom is 0.274 e. The van der Waals surface area contributed by atoms with Crippen LogP contribution in [0.25, 0.3) is 0 Å². The fourth-order valence-corrected chi connectivity index (χ4v) is 4.28. The number of nitrogens with one attached hydrogen (secondary N) is 1. The van der Waals surface area contributed by atoms with Gasteiger partial charge in [0.15, 0.2) is 0 Å². The Balaban J connectivity index is 1.66. The van der Waals surface area contributed by atoms with Crippen LogP contribution in [0.4, 0.5) is 5.69 Å². The molecule has 10 heteroatoms. The van der Waals surface area contributed by atoms with Crippen molar-refractivity contribution in [1.29, 1.82) is 0 Å². The predicted octanol–water partition coefficient (Wildman–Crippen LogP) is 2.47. The molecule has 0 bridgehead atoms. The highest BCUT2D eigenvalue weighted by Crippen LogP contribution is 2.32. The second-order valence-corrected chi connectivity index (χ2v) is 9.62. The van der Waals surface area contributed by atoms with Crippen molar-refractivity contribution >= 4 is 23.4 Å². The summed E-state index contributed by atoms with van der Waals surface area (Å²) >= 11 is 0. The van der Waals surface area contributed by atoms with Crippen LogP contribution in [0.3, 0.4) is 0 Å². The van der Waals surface area contributed by atoms with E-state index < -0.39 is 0 Å². The van der Waals surface area contributed by atoms with Gasteiger partial charge < -0.3 is 24.6 Å². The molecule has 1 aliphatic carbocycles. The zero-order chi connectivity index (χ0) is 25.8. The lowest BCUT2D eigenvalue weighted by atomic mass is 10.0. The molecule has 1 saturated carbocycles. The third kappa shape index (κ3) is 5.81. The summed E-state index contributed by atoms with van der Waals surface area (Å²) in [4.78, 5) is 50.5. The summed E-state index contributed by atoms with van der Waals surface area (Å²) in [6.45, 7) is 4.73. The molecule has 1 fully saturated rings. The molecule has 0 saturated heterocycles. The summed E-state index contributed by atoms with van der Waals surface area (Å²) in [6, 6.07) is 4.71. The largest absolute Gasteiger partial charge is 0.491 e. The van der Waals surface area contributed by atoms with Crippen molar-refractivity contribution in [3.63, 3.8) is 0 Å². The van der Waals surface area contributed by atoms with Crippen LogP contribution in [-0.4, -0.2) is 83.5 Å². The van der Waals surface area contributed by atoms with Gasteiger partial charge >= 0.3 is 0 Å². The summed E-state index contributed by atoms with van der Waals surface area (Å²) in [6.07, 6.45) is 5.93. The number of hydrogen-bond acceptors (Lipinski definition) is 7. The molecule has 0 unspecified atom stereocenters. The van der Waals surface area contributed by atoms with Gasteiger partial charge in [-0.3, -0.25) is 19.4 Å². The van der Waals surface area contributed by atoms with Gasteiger partial charge in [0.25, 0.3) is 11.8 Å². The molecule has 1 aromatic heterocycles. The smallest absolute Gasteiger partial charge is 0.274 e. The van der Waals surface area contributed by atoms with Gasteiger partial charge in [0.05, 0.1) is 23.9 Å². The Morgan fingerprint density at radius 1 is 1.17 bits per heavy atom. The van der Waals surface area contributed by atoms with Crippen molar-refractivity contribution in [3.8, 4) is 5.75 Å². The minimum Gasteiger partial charge on any atom is -0.491 e. The molecule has 3 amide bonds. The number of benzene rings is 1. The Morgan fingerprint density at radius 3 is 2.61 bits per heavy atom. The molecule has 3 atom stereocenters. The summed E-state index contributed by atoms with van der Waals surface area (Å²) < 4.78 is 11.9. The fourth-order valence-electron chi connectivity index (χ4n) is 4.28. The molecule has 36 heavy (non-hydrogen) atoms. The van der Waals surface area contributed by atoms with E-state index in [2.05, 4.69) is 15.3 Å². The number of methoxy groups -OCH3 is 1. The maximum absolute atomic E-state index is 13.4. The van der Waals surface area contributed by atoms with E-state index in [0.717, 1.165) is 12.8 Å². The first kappa shape index (κ1) is 25.6. The van der Waals surface area contributed by atoms with Gasteiger partial charge in [-0.05, 0) is 31.9 Å². The van der Waals surface area contributed by atoms with Gasteiger partial charge in [-0.25, -0.2) is 4.98 Å². The summed E-state index contributed by atoms with van der Waals surface area (Å²) in [7, 11) is 3.32. The van der Waals surface area contributed by atoms with E-state index in [1.807, 2.05) is 13.8 Å². The Labute approximate surface area is 211 Å². The van der Waals surface area contributed by atoms with Crippen molar-refractivity contribution in [2.75, 3.05) is 39.2 Å². The Hall–Kier alpha value is -3.53. The van der Waals surface area contributed by atoms with Crippen LogP contribution in [0.5, 0.6) is 5.75 Å². The van der Waals surface area contributed by atoms with E-state index in [4.69, 9.17) is 9.47 Å². The van der Waals surface area contributed by atoms with Gasteiger partial charge in [0.2, 0.25) is 5.91 Å². The molecule has 2 aliphatic rings. The predicted molar refractivity (Wildman–Crippen MR) is 133 cm³/mol. The minimum absolute atomic E-state index is 0.0300. The van der Waals surface area contributed by atoms with Crippen LogP contribution < -0.4 is 10.1 Å². The normalized spacial score (nSPS) is 23.1. The third-order valence-corrected chi connectivity index (χ3v) is 6.71. The monoisotopic (exact) mass is 495 g/mol. The lowest BCUT2D eigenvalue weighted by Gasteiger charge is -2.35. The van der Waals surface area contributed by atoms with E-state index in [0.29, 0.717) is 30.1 Å². The van der Waals surface area contributed by atoms with Crippen LogP contribution in [0.2, 0.25) is 0 Å². The van der Waals surface area contributed by atoms with Crippen molar-refractivity contribution < 1.29 is 23.9 Å². The molecular weight excluding hydrogens is 462 g/mol. The van der Waals surface area contributed by atoms with E-state index in [1.54, 1.807) is 42.2 Å². The SMILES string of the molecule is CO[C@H]1CN(C)C(=O)c2ccc(NC(=O)C3CC3)cc2OC[C@H](C)N(C(=O)c2cnccn2)C[C@H]1C. The topological polar surface area (TPSA) is 114 Å². The number of anilines is 1. The maximum atomic E-state index is 13.4. The van der Waals surface area contributed by atoms with E-state index >= 15 is 0 Å². The van der Waals surface area contributed by atoms with Gasteiger partial charge in [0, 0.05) is 63.2 Å². The number of likely N-dealkylation sites (N-methyl/N-ethyl adjacent to an activating group) is 1. The molecule has 1 aromatic carbocycles. The summed E-state index contributed by atoms with van der Waals surface area (Å²) in [5.74, 6) is -0.173. The average Bonchev–Trinajstić information content (AvgIpc) is 3.74. The Kier molecular flexibility index (Phi) is 7.83. The number of carbonyl (C=O) groups is 3. The van der Waals surface area contributed by atoms with Crippen molar-refractivity contribution in [1.82, 2.24) is 19.8 Å². The first-order valence-corrected chi connectivity index (χ1v) is 12.2. The number of rotatable bonds is 4. The van der Waals surface area contributed by atoms with Crippen LogP contribution in [-0.2, 0) is 9.53 Å². The molecule has 2 heterocycles. The highest BCUT2D eigenvalue weighted by molar-refractivity contribution is 5.99. The number of carbonyl (C=O) groups excluding carboxylic acids is 3. The second kappa shape index (κ2) is 11.0. The third-order valence-electron chi connectivity index (χ3n) is 6.71. The summed E-state index contributed by atoms with van der Waals surface area (Å²) in [5.41, 5.74) is 1.19. The van der Waals surface area contributed by atoms with Gasteiger partial charge in [-0.15, -0.1) is 0 Å². The lowest BCUT2D eigenvalue weighted by molar-refractivity contribution is -0.117. The number of ether oxygens (including phenoxy) is 2. The molecule has 4 rings (SSSR count). The highest BCUT2D eigenvalue weighted by Gasteiger charge is 2.32. The second-order valence-electron chi connectivity index (χ2n) is 9.62. The molecule has 192 valence electrons. The van der Waals surface area contributed by atoms with E-state index in [-0.39, 0.29) is 54.0 Å². The number of amides is 3. The first-order valence-electron chi connectivity index (χ1n) is 12.2. The number of fused-ring (bicyclic) bond motifs is 1. The van der Waals surface area contributed by atoms with Crippen LogP contribution in [0.15, 0.2) is 36.8 Å². The average molecular weight is 496 g/mol. The number of hydrogen-bond donors (Lipinski definition) is 1. The zero-order valence-corrected chi connectivity index (χ0v) is 21.1. The minimum atomic E-state index is -0.343. The highest BCUT2D eigenvalue weighted by atomic mass is 16.5. The molecule has 1 aliphatic heterocycles. The van der Waals surface area contributed by atoms with Crippen molar-refractivity contribution in [3.05, 3.63) is 48.0 Å². The van der Waals surface area contributed by atoms with Crippen LogP contribution >= 0.6 is 0 Å². The molecular formula is C26H33N5O5. The number of nitrogens with zero attached hydrogens (tertiary/aromatic N) is 4. The van der Waals surface area contributed by atoms with E-state index in [1.165, 1.54) is 18.6 Å². The summed E-state index contributed by atoms with van der Waals surface area (Å²) in [5, 5.41) is 2.90. The quantitative estimate of drug-likeness (QED) is 0.693.